The molecule has 0 radical (unpaired) electrons. The van der Waals surface area contributed by atoms with Gasteiger partial charge in [-0.1, -0.05) is 39.5 Å². The number of hydrogen-bond donors (Lipinski definition) is 5. The standard InChI is InChI=1S/C10H14N5O7P.C6H14/c11-8-5-9(13-2-12-8)15(3-14-5)10-7(17)6(16)4(22-10)1-21-23(18,19)20;1-3-5-6-4-2/h2-4,6-7,10,16-17H,1H2,(H2,11,12,13)(H2,18,19,20);3-6H2,1-2H3/t4-,6-,7-,10-;/m1./s1. The van der Waals surface area contributed by atoms with Crippen molar-refractivity contribution in [2.24, 2.45) is 0 Å². The lowest BCUT2D eigenvalue weighted by molar-refractivity contribution is -0.0504. The van der Waals surface area contributed by atoms with Crippen molar-refractivity contribution in [2.75, 3.05) is 12.3 Å². The second-order valence-corrected chi connectivity index (χ2v) is 7.86. The minimum Gasteiger partial charge on any atom is -0.387 e. The van der Waals surface area contributed by atoms with Gasteiger partial charge in [-0.15, -0.1) is 0 Å². The molecule has 0 saturated carbocycles. The lowest BCUT2D eigenvalue weighted by atomic mass is 10.1. The molecule has 0 aliphatic carbocycles. The van der Waals surface area contributed by atoms with Crippen LogP contribution >= 0.6 is 7.82 Å². The first-order valence-electron chi connectivity index (χ1n) is 9.34. The number of aliphatic hydroxyl groups excluding tert-OH is 2. The fourth-order valence-corrected chi connectivity index (χ4v) is 3.16. The summed E-state index contributed by atoms with van der Waals surface area (Å²) in [5.74, 6) is 0.142. The molecule has 1 saturated heterocycles. The molecule has 164 valence electrons. The van der Waals surface area contributed by atoms with E-state index in [0.717, 1.165) is 0 Å². The normalized spacial score (nSPS) is 24.5. The molecule has 2 aromatic rings. The van der Waals surface area contributed by atoms with Crippen molar-refractivity contribution in [1.29, 1.82) is 0 Å². The predicted octanol–water partition coefficient (Wildman–Crippen LogP) is 0.724. The van der Waals surface area contributed by atoms with Gasteiger partial charge in [0.05, 0.1) is 12.9 Å². The second-order valence-electron chi connectivity index (χ2n) is 6.62. The predicted molar refractivity (Wildman–Crippen MR) is 103 cm³/mol. The zero-order valence-electron chi connectivity index (χ0n) is 16.3. The third-order valence-electron chi connectivity index (χ3n) is 4.36. The van der Waals surface area contributed by atoms with E-state index in [0.29, 0.717) is 5.52 Å². The number of imidazole rings is 1. The van der Waals surface area contributed by atoms with E-state index in [1.54, 1.807) is 0 Å². The number of hydrogen-bond acceptors (Lipinski definition) is 9. The molecule has 0 unspecified atom stereocenters. The van der Waals surface area contributed by atoms with Gasteiger partial charge in [0.2, 0.25) is 0 Å². The van der Waals surface area contributed by atoms with Crippen molar-refractivity contribution in [2.45, 2.75) is 64.1 Å². The third-order valence-corrected chi connectivity index (χ3v) is 4.85. The minimum absolute atomic E-state index is 0.142. The van der Waals surface area contributed by atoms with Crippen LogP contribution in [0.25, 0.3) is 11.2 Å². The quantitative estimate of drug-likeness (QED) is 0.306. The van der Waals surface area contributed by atoms with Crippen LogP contribution in [-0.4, -0.2) is 64.4 Å². The number of aromatic nitrogens is 4. The molecule has 29 heavy (non-hydrogen) atoms. The molecule has 13 heteroatoms. The molecule has 3 heterocycles. The Hall–Kier alpha value is -1.66. The Balaban J connectivity index is 0.000000438. The number of phosphoric ester groups is 1. The lowest BCUT2D eigenvalue weighted by Gasteiger charge is -2.16. The van der Waals surface area contributed by atoms with Crippen LogP contribution in [0.1, 0.15) is 45.8 Å². The van der Waals surface area contributed by atoms with Gasteiger partial charge in [0.1, 0.15) is 30.2 Å². The van der Waals surface area contributed by atoms with Crippen LogP contribution in [0, 0.1) is 0 Å². The Morgan fingerprint density at radius 1 is 1.17 bits per heavy atom. The monoisotopic (exact) mass is 433 g/mol. The molecule has 0 aromatic carbocycles. The molecular formula is C16H28N5O7P. The molecule has 1 aliphatic rings. The average Bonchev–Trinajstić information content (AvgIpc) is 3.21. The number of fused-ring (bicyclic) bond motifs is 1. The minimum atomic E-state index is -4.72. The van der Waals surface area contributed by atoms with E-state index in [1.807, 2.05) is 0 Å². The molecule has 3 rings (SSSR count). The molecule has 0 bridgehead atoms. The smallest absolute Gasteiger partial charge is 0.387 e. The maximum absolute atomic E-state index is 10.7. The molecule has 0 amide bonds. The summed E-state index contributed by atoms with van der Waals surface area (Å²) in [5.41, 5.74) is 6.25. The molecule has 6 N–H and O–H groups in total. The van der Waals surface area contributed by atoms with Gasteiger partial charge in [0.15, 0.2) is 17.7 Å². The summed E-state index contributed by atoms with van der Waals surface area (Å²) in [5, 5.41) is 20.1. The van der Waals surface area contributed by atoms with E-state index in [1.165, 1.54) is 42.9 Å². The number of phosphoric acid groups is 1. The number of nitrogens with zero attached hydrogens (tertiary/aromatic N) is 4. The number of rotatable bonds is 7. The molecule has 12 nitrogen and oxygen atoms in total. The largest absolute Gasteiger partial charge is 0.469 e. The summed E-state index contributed by atoms with van der Waals surface area (Å²) in [4.78, 5) is 29.2. The molecule has 4 atom stereocenters. The first-order valence-corrected chi connectivity index (χ1v) is 10.9. The fraction of sp³-hybridized carbons (Fsp3) is 0.688. The maximum atomic E-state index is 10.7. The molecule has 1 aliphatic heterocycles. The van der Waals surface area contributed by atoms with Crippen LogP contribution in [0.5, 0.6) is 0 Å². The Bertz CT molecular complexity index is 825. The van der Waals surface area contributed by atoms with Crippen LogP contribution in [0.4, 0.5) is 5.82 Å². The topological polar surface area (TPSA) is 186 Å². The molecule has 0 spiro atoms. The average molecular weight is 433 g/mol. The van der Waals surface area contributed by atoms with Crippen molar-refractivity contribution in [3.63, 3.8) is 0 Å². The first kappa shape index (κ1) is 23.6. The van der Waals surface area contributed by atoms with Gasteiger partial charge in [-0.3, -0.25) is 9.09 Å². The van der Waals surface area contributed by atoms with Gasteiger partial charge in [0, 0.05) is 0 Å². The van der Waals surface area contributed by atoms with Gasteiger partial charge in [-0.2, -0.15) is 0 Å². The zero-order chi connectivity index (χ0) is 21.6. The highest BCUT2D eigenvalue weighted by Crippen LogP contribution is 2.38. The van der Waals surface area contributed by atoms with Crippen molar-refractivity contribution in [1.82, 2.24) is 19.5 Å². The number of ether oxygens (including phenoxy) is 1. The fourth-order valence-electron chi connectivity index (χ4n) is 2.82. The Labute approximate surface area is 167 Å². The highest BCUT2D eigenvalue weighted by molar-refractivity contribution is 7.46. The Morgan fingerprint density at radius 2 is 1.83 bits per heavy atom. The van der Waals surface area contributed by atoms with Gasteiger partial charge in [-0.05, 0) is 0 Å². The van der Waals surface area contributed by atoms with E-state index in [2.05, 4.69) is 33.3 Å². The van der Waals surface area contributed by atoms with Crippen molar-refractivity contribution in [3.05, 3.63) is 12.7 Å². The Kier molecular flexibility index (Phi) is 8.46. The van der Waals surface area contributed by atoms with Gasteiger partial charge >= 0.3 is 7.82 Å². The summed E-state index contributed by atoms with van der Waals surface area (Å²) in [6, 6.07) is 0. The van der Waals surface area contributed by atoms with E-state index in [4.69, 9.17) is 20.3 Å². The summed E-state index contributed by atoms with van der Waals surface area (Å²) < 4.78 is 21.8. The third kappa shape index (κ3) is 6.16. The molecular weight excluding hydrogens is 405 g/mol. The van der Waals surface area contributed by atoms with E-state index < -0.39 is 39.0 Å². The molecule has 2 aromatic heterocycles. The number of anilines is 1. The number of aliphatic hydroxyl groups is 2. The van der Waals surface area contributed by atoms with Crippen LogP contribution in [0.15, 0.2) is 12.7 Å². The summed E-state index contributed by atoms with van der Waals surface area (Å²) in [7, 11) is -4.72. The van der Waals surface area contributed by atoms with Crippen molar-refractivity contribution in [3.8, 4) is 0 Å². The summed E-state index contributed by atoms with van der Waals surface area (Å²) in [6.07, 6.45) is 3.05. The van der Waals surface area contributed by atoms with Gasteiger partial charge in [-0.25, -0.2) is 19.5 Å². The first-order chi connectivity index (χ1) is 13.7. The second kappa shape index (κ2) is 10.4. The number of nitrogens with two attached hydrogens (primary N) is 1. The van der Waals surface area contributed by atoms with Crippen molar-refractivity contribution >= 4 is 24.8 Å². The van der Waals surface area contributed by atoms with Crippen LogP contribution in [0.3, 0.4) is 0 Å². The summed E-state index contributed by atoms with van der Waals surface area (Å²) in [6.45, 7) is 3.87. The molecule has 1 fully saturated rings. The van der Waals surface area contributed by atoms with E-state index in [9.17, 15) is 14.8 Å². The van der Waals surface area contributed by atoms with Crippen LogP contribution < -0.4 is 5.73 Å². The maximum Gasteiger partial charge on any atom is 0.469 e. The summed E-state index contributed by atoms with van der Waals surface area (Å²) >= 11 is 0. The van der Waals surface area contributed by atoms with Gasteiger partial charge in [0.25, 0.3) is 0 Å². The van der Waals surface area contributed by atoms with Crippen LogP contribution in [0.2, 0.25) is 0 Å². The zero-order valence-corrected chi connectivity index (χ0v) is 17.2. The number of unbranched alkanes of at least 4 members (excludes halogenated alkanes) is 3. The van der Waals surface area contributed by atoms with Gasteiger partial charge < -0.3 is 30.5 Å². The van der Waals surface area contributed by atoms with Crippen molar-refractivity contribution < 1.29 is 33.8 Å². The van der Waals surface area contributed by atoms with E-state index >= 15 is 0 Å². The highest BCUT2D eigenvalue weighted by atomic mass is 31.2. The van der Waals surface area contributed by atoms with Crippen LogP contribution in [-0.2, 0) is 13.8 Å². The lowest BCUT2D eigenvalue weighted by Crippen LogP contribution is -2.33. The van der Waals surface area contributed by atoms with E-state index in [-0.39, 0.29) is 11.5 Å². The SMILES string of the molecule is CCCCCC.Nc1ncnc2c1ncn2[C@@H]1O[C@H](COP(=O)(O)O)[C@@H](O)[C@H]1O. The Morgan fingerprint density at radius 3 is 2.41 bits per heavy atom. The number of nitrogen functional groups attached to an aromatic ring is 1. The highest BCUT2D eigenvalue weighted by Gasteiger charge is 2.45.